The second kappa shape index (κ2) is 11.2. The molecule has 12 aliphatic rings. The second-order valence-corrected chi connectivity index (χ2v) is 21.9. The molecular formula is C44H73N3O2+2. The van der Waals surface area contributed by atoms with Gasteiger partial charge in [-0.1, -0.05) is 44.9 Å². The zero-order valence-electron chi connectivity index (χ0n) is 31.2. The zero-order chi connectivity index (χ0) is 32.9. The van der Waals surface area contributed by atoms with Crippen LogP contribution in [-0.4, -0.2) is 41.2 Å². The molecule has 5 heteroatoms. The molecule has 0 aromatic rings. The molecule has 12 rings (SSSR count). The van der Waals surface area contributed by atoms with E-state index in [-0.39, 0.29) is 16.7 Å². The van der Waals surface area contributed by atoms with Crippen molar-refractivity contribution < 1.29 is 20.9 Å². The Morgan fingerprint density at radius 1 is 0.735 bits per heavy atom. The lowest BCUT2D eigenvalue weighted by Crippen LogP contribution is -2.96. The predicted molar refractivity (Wildman–Crippen MR) is 191 cm³/mol. The quantitative estimate of drug-likeness (QED) is 0.300. The molecule has 0 aromatic heterocycles. The molecule has 18 atom stereocenters. The summed E-state index contributed by atoms with van der Waals surface area (Å²) in [4.78, 5) is 0. The minimum Gasteiger partial charge on any atom is -0.396 e. The van der Waals surface area contributed by atoms with E-state index in [0.717, 1.165) is 71.0 Å². The van der Waals surface area contributed by atoms with E-state index >= 15 is 0 Å². The molecular weight excluding hydrogens is 603 g/mol. The number of quaternary nitrogens is 2. The average molecular weight is 676 g/mol. The first-order valence-electron chi connectivity index (χ1n) is 22.6. The van der Waals surface area contributed by atoms with Gasteiger partial charge in [-0.3, -0.25) is 5.73 Å². The molecule has 0 radical (unpaired) electrons. The van der Waals surface area contributed by atoms with Gasteiger partial charge in [0.05, 0.1) is 24.4 Å². The van der Waals surface area contributed by atoms with Crippen molar-refractivity contribution in [1.82, 2.24) is 0 Å². The van der Waals surface area contributed by atoms with Gasteiger partial charge in [0.1, 0.15) is 11.7 Å². The Hall–Kier alpha value is -0.200. The highest BCUT2D eigenvalue weighted by molar-refractivity contribution is 5.29. The van der Waals surface area contributed by atoms with Crippen molar-refractivity contribution in [3.8, 4) is 0 Å². The van der Waals surface area contributed by atoms with Crippen LogP contribution in [0, 0.1) is 94.2 Å². The van der Waals surface area contributed by atoms with E-state index in [1.807, 2.05) is 0 Å². The zero-order valence-corrected chi connectivity index (χ0v) is 31.2. The molecule has 12 fully saturated rings. The fraction of sp³-hybridized carbons (Fsp3) is 1.00. The van der Waals surface area contributed by atoms with Gasteiger partial charge in [-0.15, -0.1) is 0 Å². The highest BCUT2D eigenvalue weighted by Gasteiger charge is 2.82. The maximum absolute atomic E-state index is 11.1. The monoisotopic (exact) mass is 676 g/mol. The molecule has 9 aliphatic carbocycles. The van der Waals surface area contributed by atoms with E-state index in [2.05, 4.69) is 12.2 Å². The van der Waals surface area contributed by atoms with Gasteiger partial charge in [-0.05, 0) is 160 Å². The smallest absolute Gasteiger partial charge is 0.137 e. The Kier molecular flexibility index (Phi) is 7.35. The first kappa shape index (κ1) is 32.2. The topological polar surface area (TPSA) is 99.7 Å². The van der Waals surface area contributed by atoms with Crippen LogP contribution in [0.5, 0.6) is 0 Å². The number of hydrogen-bond acceptors (Lipinski definition) is 3. The average Bonchev–Trinajstić information content (AvgIpc) is 3.56. The van der Waals surface area contributed by atoms with Crippen molar-refractivity contribution in [2.45, 2.75) is 165 Å². The van der Waals surface area contributed by atoms with Gasteiger partial charge in [-0.2, -0.15) is 0 Å². The first-order valence-corrected chi connectivity index (χ1v) is 22.6. The molecule has 0 aromatic carbocycles. The van der Waals surface area contributed by atoms with E-state index in [0.29, 0.717) is 35.9 Å². The minimum absolute atomic E-state index is 0.0127. The van der Waals surface area contributed by atoms with Gasteiger partial charge in [0, 0.05) is 30.6 Å². The number of aliphatic hydroxyl groups excluding tert-OH is 1. The lowest BCUT2D eigenvalue weighted by Gasteiger charge is -2.80. The largest absolute Gasteiger partial charge is 0.396 e. The fourth-order valence-electron chi connectivity index (χ4n) is 19.7. The molecule has 274 valence electrons. The van der Waals surface area contributed by atoms with E-state index in [1.165, 1.54) is 135 Å². The molecule has 0 amide bonds. The molecule has 4 bridgehead atoms. The van der Waals surface area contributed by atoms with Crippen molar-refractivity contribution in [3.63, 3.8) is 0 Å². The number of rotatable bonds is 3. The first-order chi connectivity index (χ1) is 23.8. The van der Waals surface area contributed by atoms with Crippen LogP contribution >= 0.6 is 0 Å². The summed E-state index contributed by atoms with van der Waals surface area (Å²) in [5.41, 5.74) is 12.5. The summed E-state index contributed by atoms with van der Waals surface area (Å²) in [5.74, 6) is 12.2. The molecule has 5 nitrogen and oxygen atoms in total. The molecule has 3 heterocycles. The van der Waals surface area contributed by atoms with Gasteiger partial charge in [0.2, 0.25) is 0 Å². The molecule has 9 saturated carbocycles. The number of ether oxygens (including phenoxy) is 1. The fourth-order valence-corrected chi connectivity index (χ4v) is 19.7. The SMILES string of the molecule is CC1(C2CCCCC2)OC23CC4([NH3+])C(CO)CCC(C41)C2C1CCC2CCCC4C(C5CCC(N)[NH2+]C5)C5CC6(CCCC6)CC3C5C1C24. The second-order valence-electron chi connectivity index (χ2n) is 21.9. The Morgan fingerprint density at radius 2 is 1.53 bits per heavy atom. The van der Waals surface area contributed by atoms with Crippen molar-refractivity contribution in [2.75, 3.05) is 13.2 Å². The van der Waals surface area contributed by atoms with Crippen LogP contribution in [0.25, 0.3) is 0 Å². The normalized spacial score (nSPS) is 60.1. The Morgan fingerprint density at radius 3 is 2.31 bits per heavy atom. The maximum atomic E-state index is 11.1. The Bertz CT molecular complexity index is 1290. The van der Waals surface area contributed by atoms with Crippen LogP contribution < -0.4 is 16.8 Å². The third-order valence-corrected chi connectivity index (χ3v) is 20.6. The van der Waals surface area contributed by atoms with E-state index in [1.54, 1.807) is 6.42 Å². The van der Waals surface area contributed by atoms with Crippen LogP contribution in [0.4, 0.5) is 0 Å². The summed E-state index contributed by atoms with van der Waals surface area (Å²) in [7, 11) is 0. The molecule has 8 N–H and O–H groups in total. The van der Waals surface area contributed by atoms with Gasteiger partial charge in [-0.25, -0.2) is 0 Å². The van der Waals surface area contributed by atoms with Crippen molar-refractivity contribution in [2.24, 2.45) is 99.9 Å². The lowest BCUT2D eigenvalue weighted by molar-refractivity contribution is -0.704. The lowest BCUT2D eigenvalue weighted by atomic mass is 9.29. The van der Waals surface area contributed by atoms with Crippen molar-refractivity contribution in [1.29, 1.82) is 0 Å². The summed E-state index contributed by atoms with van der Waals surface area (Å²) in [6.45, 7) is 4.30. The standard InChI is InChI=1S/C44H71N3O2/c1-41(27-9-3-2-4-10-27)40-31-16-14-28(23-48)43(40,46)24-44(49-41)33-21-42(18-5-6-19-42)20-32-35(26-13-17-34(45)47-22-26)29-11-7-8-25-12-15-30(39(31)44)38(36(25)29)37(32)33/h25-40,47-48H,2-24,45-46H2,1H3/p+2. The number of piperidine rings is 1. The van der Waals surface area contributed by atoms with Gasteiger partial charge in [0.15, 0.2) is 0 Å². The summed E-state index contributed by atoms with van der Waals surface area (Å²) >= 11 is 0. The maximum Gasteiger partial charge on any atom is 0.137 e. The number of nitrogens with two attached hydrogens (primary N) is 2. The van der Waals surface area contributed by atoms with E-state index in [9.17, 15) is 5.11 Å². The van der Waals surface area contributed by atoms with Crippen LogP contribution in [-0.2, 0) is 4.74 Å². The van der Waals surface area contributed by atoms with Crippen LogP contribution in [0.2, 0.25) is 0 Å². The van der Waals surface area contributed by atoms with Crippen LogP contribution in [0.3, 0.4) is 0 Å². The summed E-state index contributed by atoms with van der Waals surface area (Å²) < 4.78 is 8.47. The highest BCUT2D eigenvalue weighted by atomic mass is 16.5. The highest BCUT2D eigenvalue weighted by Crippen LogP contribution is 2.80. The van der Waals surface area contributed by atoms with Crippen molar-refractivity contribution in [3.05, 3.63) is 0 Å². The third kappa shape index (κ3) is 4.18. The van der Waals surface area contributed by atoms with Crippen molar-refractivity contribution >= 4 is 0 Å². The predicted octanol–water partition coefficient (Wildman–Crippen LogP) is 5.89. The minimum atomic E-state index is -0.0643. The molecule has 49 heavy (non-hydrogen) atoms. The van der Waals surface area contributed by atoms with Gasteiger partial charge in [0.25, 0.3) is 0 Å². The molecule has 18 unspecified atom stereocenters. The number of fused-ring (bicyclic) bond motifs is 1. The third-order valence-electron chi connectivity index (χ3n) is 20.6. The Labute approximate surface area is 298 Å². The van der Waals surface area contributed by atoms with E-state index < -0.39 is 0 Å². The molecule has 2 spiro atoms. The summed E-state index contributed by atoms with van der Waals surface area (Å²) in [6.07, 6.45) is 30.1. The molecule has 3 aliphatic heterocycles. The van der Waals surface area contributed by atoms with Crippen LogP contribution in [0.15, 0.2) is 0 Å². The summed E-state index contributed by atoms with van der Waals surface area (Å²) in [5, 5.41) is 13.7. The molecule has 3 saturated heterocycles. The van der Waals surface area contributed by atoms with E-state index in [4.69, 9.17) is 16.2 Å². The number of hydrogen-bond donors (Lipinski definition) is 4. The van der Waals surface area contributed by atoms with Gasteiger partial charge >= 0.3 is 0 Å². The van der Waals surface area contributed by atoms with Gasteiger partial charge < -0.3 is 20.9 Å². The Balaban J connectivity index is 1.11. The number of aliphatic hydroxyl groups is 1. The van der Waals surface area contributed by atoms with Crippen LogP contribution in [0.1, 0.15) is 142 Å². The summed E-state index contributed by atoms with van der Waals surface area (Å²) in [6, 6.07) is 0.